The molecule has 0 aliphatic carbocycles. The summed E-state index contributed by atoms with van der Waals surface area (Å²) in [6.07, 6.45) is 3.92. The lowest BCUT2D eigenvalue weighted by Crippen LogP contribution is -2.46. The molecule has 2 aromatic heterocycles. The summed E-state index contributed by atoms with van der Waals surface area (Å²) in [5.74, 6) is 1.09. The minimum Gasteiger partial charge on any atom is -0.340 e. The molecule has 3 rings (SSSR count). The topological polar surface area (TPSA) is 76.8 Å². The molecule has 0 N–H and O–H groups in total. The third-order valence-corrected chi connectivity index (χ3v) is 4.36. The number of likely N-dealkylation sites (tertiary alicyclic amines) is 1. The summed E-state index contributed by atoms with van der Waals surface area (Å²) in [6.45, 7) is 9.06. The maximum atomic E-state index is 12.9. The van der Waals surface area contributed by atoms with Crippen molar-refractivity contribution in [1.82, 2.24) is 29.6 Å². The first-order valence-corrected chi connectivity index (χ1v) is 7.84. The molecule has 1 saturated heterocycles. The van der Waals surface area contributed by atoms with Crippen molar-refractivity contribution in [3.8, 4) is 0 Å². The van der Waals surface area contributed by atoms with Crippen molar-refractivity contribution in [3.05, 3.63) is 35.9 Å². The average molecular weight is 314 g/mol. The van der Waals surface area contributed by atoms with E-state index in [1.165, 1.54) is 6.33 Å². The summed E-state index contributed by atoms with van der Waals surface area (Å²) in [4.78, 5) is 27.8. The minimum atomic E-state index is -0.741. The van der Waals surface area contributed by atoms with Gasteiger partial charge in [0, 0.05) is 30.4 Å². The molecule has 7 heteroatoms. The number of amides is 1. The zero-order valence-electron chi connectivity index (χ0n) is 14.0. The van der Waals surface area contributed by atoms with E-state index >= 15 is 0 Å². The Morgan fingerprint density at radius 2 is 1.96 bits per heavy atom. The van der Waals surface area contributed by atoms with Crippen molar-refractivity contribution in [2.24, 2.45) is 0 Å². The van der Waals surface area contributed by atoms with Gasteiger partial charge in [-0.1, -0.05) is 0 Å². The maximum Gasteiger partial charge on any atom is 0.250 e. The molecule has 0 spiro atoms. The van der Waals surface area contributed by atoms with Gasteiger partial charge in [0.15, 0.2) is 0 Å². The molecule has 0 bridgehead atoms. The van der Waals surface area contributed by atoms with Crippen molar-refractivity contribution in [1.29, 1.82) is 0 Å². The van der Waals surface area contributed by atoms with Crippen LogP contribution in [0, 0.1) is 13.8 Å². The normalized spacial score (nSPS) is 18.4. The fraction of sp³-hybridized carbons (Fsp3) is 0.562. The summed E-state index contributed by atoms with van der Waals surface area (Å²) in [5.41, 5.74) is 1.20. The lowest BCUT2D eigenvalue weighted by atomic mass is 10.0. The highest BCUT2D eigenvalue weighted by Crippen LogP contribution is 2.28. The van der Waals surface area contributed by atoms with Gasteiger partial charge in [0.1, 0.15) is 24.0 Å². The molecule has 0 radical (unpaired) electrons. The second kappa shape index (κ2) is 5.72. The van der Waals surface area contributed by atoms with E-state index in [-0.39, 0.29) is 11.8 Å². The predicted octanol–water partition coefficient (Wildman–Crippen LogP) is 1.44. The van der Waals surface area contributed by atoms with E-state index in [9.17, 15) is 4.79 Å². The smallest absolute Gasteiger partial charge is 0.250 e. The SMILES string of the molecule is Cc1cc(C)nc(C2CCN(C(=O)C(C)(C)n3cncn3)C2)n1. The molecule has 23 heavy (non-hydrogen) atoms. The second-order valence-corrected chi connectivity index (χ2v) is 6.64. The zero-order valence-corrected chi connectivity index (χ0v) is 14.0. The summed E-state index contributed by atoms with van der Waals surface area (Å²) in [6, 6.07) is 1.97. The minimum absolute atomic E-state index is 0.0508. The van der Waals surface area contributed by atoms with E-state index in [2.05, 4.69) is 20.1 Å². The third kappa shape index (κ3) is 2.95. The van der Waals surface area contributed by atoms with E-state index < -0.39 is 5.54 Å². The van der Waals surface area contributed by atoms with Crippen molar-refractivity contribution < 1.29 is 4.79 Å². The van der Waals surface area contributed by atoms with Crippen LogP contribution in [0.1, 0.15) is 43.4 Å². The van der Waals surface area contributed by atoms with Crippen LogP contribution in [0.4, 0.5) is 0 Å². The number of carbonyl (C=O) groups is 1. The van der Waals surface area contributed by atoms with Gasteiger partial charge in [0.2, 0.25) is 5.91 Å². The quantitative estimate of drug-likeness (QED) is 0.856. The van der Waals surface area contributed by atoms with E-state index in [0.717, 1.165) is 30.2 Å². The molecule has 3 heterocycles. The molecule has 2 aromatic rings. The number of aryl methyl sites for hydroxylation is 2. The molecule has 0 saturated carbocycles. The first kappa shape index (κ1) is 15.6. The van der Waals surface area contributed by atoms with Gasteiger partial charge in [-0.15, -0.1) is 0 Å². The molecular weight excluding hydrogens is 292 g/mol. The van der Waals surface area contributed by atoms with Crippen LogP contribution in [-0.4, -0.2) is 48.6 Å². The van der Waals surface area contributed by atoms with Gasteiger partial charge in [-0.05, 0) is 40.2 Å². The van der Waals surface area contributed by atoms with E-state index in [1.807, 2.05) is 38.7 Å². The maximum absolute atomic E-state index is 12.9. The Balaban J connectivity index is 1.76. The first-order valence-electron chi connectivity index (χ1n) is 7.84. The zero-order chi connectivity index (χ0) is 16.6. The Morgan fingerprint density at radius 1 is 1.26 bits per heavy atom. The Morgan fingerprint density at radius 3 is 2.57 bits per heavy atom. The van der Waals surface area contributed by atoms with Crippen LogP contribution in [0.5, 0.6) is 0 Å². The third-order valence-electron chi connectivity index (χ3n) is 4.36. The standard InChI is InChI=1S/C16H22N6O/c1-11-7-12(2)20-14(19-11)13-5-6-21(8-13)15(23)16(3,4)22-10-17-9-18-22/h7,9-10,13H,5-6,8H2,1-4H3. The molecular formula is C16H22N6O. The van der Waals surface area contributed by atoms with E-state index in [1.54, 1.807) is 11.0 Å². The van der Waals surface area contributed by atoms with Gasteiger partial charge in [-0.2, -0.15) is 5.10 Å². The second-order valence-electron chi connectivity index (χ2n) is 6.64. The number of rotatable bonds is 3. The predicted molar refractivity (Wildman–Crippen MR) is 84.8 cm³/mol. The van der Waals surface area contributed by atoms with Crippen LogP contribution in [0.15, 0.2) is 18.7 Å². The van der Waals surface area contributed by atoms with Crippen LogP contribution in [0.25, 0.3) is 0 Å². The highest BCUT2D eigenvalue weighted by Gasteiger charge is 2.38. The van der Waals surface area contributed by atoms with Crippen molar-refractivity contribution in [2.75, 3.05) is 13.1 Å². The van der Waals surface area contributed by atoms with Gasteiger partial charge in [0.05, 0.1) is 0 Å². The Labute approximate surface area is 135 Å². The summed E-state index contributed by atoms with van der Waals surface area (Å²) in [5, 5.41) is 4.11. The van der Waals surface area contributed by atoms with E-state index in [0.29, 0.717) is 6.54 Å². The first-order chi connectivity index (χ1) is 10.9. The summed E-state index contributed by atoms with van der Waals surface area (Å²) in [7, 11) is 0. The van der Waals surface area contributed by atoms with Crippen molar-refractivity contribution in [3.63, 3.8) is 0 Å². The monoisotopic (exact) mass is 314 g/mol. The molecule has 1 aliphatic heterocycles. The molecule has 0 aromatic carbocycles. The van der Waals surface area contributed by atoms with Gasteiger partial charge in [-0.25, -0.2) is 19.6 Å². The molecule has 1 fully saturated rings. The summed E-state index contributed by atoms with van der Waals surface area (Å²) < 4.78 is 1.61. The van der Waals surface area contributed by atoms with Crippen LogP contribution in [0.3, 0.4) is 0 Å². The molecule has 122 valence electrons. The van der Waals surface area contributed by atoms with E-state index in [4.69, 9.17) is 0 Å². The average Bonchev–Trinajstić information content (AvgIpc) is 3.17. The van der Waals surface area contributed by atoms with Gasteiger partial charge in [-0.3, -0.25) is 4.79 Å². The van der Waals surface area contributed by atoms with Gasteiger partial charge in [0.25, 0.3) is 0 Å². The molecule has 1 unspecified atom stereocenters. The van der Waals surface area contributed by atoms with Gasteiger partial charge < -0.3 is 4.90 Å². The lowest BCUT2D eigenvalue weighted by molar-refractivity contribution is -0.138. The Bertz CT molecular complexity index is 689. The van der Waals surface area contributed by atoms with Crippen LogP contribution >= 0.6 is 0 Å². The number of nitrogens with zero attached hydrogens (tertiary/aromatic N) is 6. The molecule has 1 atom stereocenters. The van der Waals surface area contributed by atoms with Gasteiger partial charge >= 0.3 is 0 Å². The fourth-order valence-corrected chi connectivity index (χ4v) is 3.07. The molecule has 7 nitrogen and oxygen atoms in total. The Kier molecular flexibility index (Phi) is 3.87. The highest BCUT2D eigenvalue weighted by molar-refractivity contribution is 5.83. The largest absolute Gasteiger partial charge is 0.340 e. The van der Waals surface area contributed by atoms with Crippen LogP contribution < -0.4 is 0 Å². The molecule has 1 amide bonds. The number of carbonyl (C=O) groups excluding carboxylic acids is 1. The van der Waals surface area contributed by atoms with Crippen molar-refractivity contribution in [2.45, 2.75) is 45.6 Å². The van der Waals surface area contributed by atoms with Crippen LogP contribution in [-0.2, 0) is 10.3 Å². The summed E-state index contributed by atoms with van der Waals surface area (Å²) >= 11 is 0. The van der Waals surface area contributed by atoms with Crippen LogP contribution in [0.2, 0.25) is 0 Å². The fourth-order valence-electron chi connectivity index (χ4n) is 3.07. The lowest BCUT2D eigenvalue weighted by Gasteiger charge is -2.29. The number of aromatic nitrogens is 5. The molecule has 1 aliphatic rings. The number of hydrogen-bond acceptors (Lipinski definition) is 5. The number of hydrogen-bond donors (Lipinski definition) is 0. The Hall–Kier alpha value is -2.31. The highest BCUT2D eigenvalue weighted by atomic mass is 16.2. The van der Waals surface area contributed by atoms with Crippen molar-refractivity contribution >= 4 is 5.91 Å².